The standard InChI is InChI=1S/C19H16BrNO2/c20-16-6-8-18-15(12-16)13-17(23-18)7-9-19(22)21-11-10-14-4-2-1-3-5-14/h1-9,12-13H,10-11H2,(H,21,22)/b9-7+. The molecule has 2 aromatic carbocycles. The van der Waals surface area contributed by atoms with Crippen LogP contribution in [0.25, 0.3) is 17.0 Å². The molecular formula is C19H16BrNO2. The maximum atomic E-state index is 11.8. The molecule has 0 spiro atoms. The average Bonchev–Trinajstić information content (AvgIpc) is 2.96. The topological polar surface area (TPSA) is 42.2 Å². The second kappa shape index (κ2) is 7.29. The average molecular weight is 370 g/mol. The van der Waals surface area contributed by atoms with Gasteiger partial charge in [0.2, 0.25) is 5.91 Å². The van der Waals surface area contributed by atoms with Gasteiger partial charge in [0.05, 0.1) is 0 Å². The zero-order valence-electron chi connectivity index (χ0n) is 12.5. The molecule has 0 unspecified atom stereocenters. The molecule has 0 radical (unpaired) electrons. The third-order valence-corrected chi connectivity index (χ3v) is 3.95. The minimum absolute atomic E-state index is 0.123. The van der Waals surface area contributed by atoms with Crippen molar-refractivity contribution in [3.8, 4) is 0 Å². The van der Waals surface area contributed by atoms with Crippen molar-refractivity contribution < 1.29 is 9.21 Å². The molecule has 1 N–H and O–H groups in total. The number of nitrogens with one attached hydrogen (secondary N) is 1. The largest absolute Gasteiger partial charge is 0.457 e. The molecule has 0 fully saturated rings. The molecule has 0 aliphatic carbocycles. The Hall–Kier alpha value is -2.33. The molecule has 0 atom stereocenters. The Morgan fingerprint density at radius 1 is 1.13 bits per heavy atom. The number of hydrogen-bond acceptors (Lipinski definition) is 2. The summed E-state index contributed by atoms with van der Waals surface area (Å²) in [5.74, 6) is 0.541. The first-order chi connectivity index (χ1) is 11.2. The van der Waals surface area contributed by atoms with Gasteiger partial charge in [-0.2, -0.15) is 0 Å². The van der Waals surface area contributed by atoms with Crippen LogP contribution in [0.5, 0.6) is 0 Å². The molecule has 3 rings (SSSR count). The van der Waals surface area contributed by atoms with Crippen LogP contribution in [0.4, 0.5) is 0 Å². The van der Waals surface area contributed by atoms with Crippen LogP contribution in [0.1, 0.15) is 11.3 Å². The van der Waals surface area contributed by atoms with Crippen LogP contribution in [0, 0.1) is 0 Å². The highest BCUT2D eigenvalue weighted by atomic mass is 79.9. The van der Waals surface area contributed by atoms with Crippen molar-refractivity contribution in [2.75, 3.05) is 6.54 Å². The second-order valence-corrected chi connectivity index (χ2v) is 6.11. The fraction of sp³-hybridized carbons (Fsp3) is 0.105. The van der Waals surface area contributed by atoms with E-state index in [1.54, 1.807) is 6.08 Å². The van der Waals surface area contributed by atoms with E-state index in [2.05, 4.69) is 33.4 Å². The van der Waals surface area contributed by atoms with Gasteiger partial charge in [0.25, 0.3) is 0 Å². The number of furan rings is 1. The van der Waals surface area contributed by atoms with E-state index in [-0.39, 0.29) is 5.91 Å². The van der Waals surface area contributed by atoms with Gasteiger partial charge in [-0.1, -0.05) is 46.3 Å². The highest BCUT2D eigenvalue weighted by molar-refractivity contribution is 9.10. The highest BCUT2D eigenvalue weighted by Gasteiger charge is 2.02. The van der Waals surface area contributed by atoms with Crippen molar-refractivity contribution in [3.05, 3.63) is 76.5 Å². The van der Waals surface area contributed by atoms with Crippen molar-refractivity contribution in [1.82, 2.24) is 5.32 Å². The number of rotatable bonds is 5. The first kappa shape index (κ1) is 15.6. The zero-order valence-corrected chi connectivity index (χ0v) is 14.0. The van der Waals surface area contributed by atoms with Crippen molar-refractivity contribution in [2.24, 2.45) is 0 Å². The van der Waals surface area contributed by atoms with Crippen LogP contribution in [0.2, 0.25) is 0 Å². The number of fused-ring (bicyclic) bond motifs is 1. The van der Waals surface area contributed by atoms with E-state index in [4.69, 9.17) is 4.42 Å². The molecular weight excluding hydrogens is 354 g/mol. The van der Waals surface area contributed by atoms with Gasteiger partial charge in [-0.15, -0.1) is 0 Å². The number of halogens is 1. The summed E-state index contributed by atoms with van der Waals surface area (Å²) in [6.45, 7) is 0.611. The van der Waals surface area contributed by atoms with E-state index in [0.717, 1.165) is 21.9 Å². The van der Waals surface area contributed by atoms with Crippen LogP contribution in [0.3, 0.4) is 0 Å². The van der Waals surface area contributed by atoms with Crippen LogP contribution >= 0.6 is 15.9 Å². The molecule has 4 heteroatoms. The lowest BCUT2D eigenvalue weighted by molar-refractivity contribution is -0.116. The highest BCUT2D eigenvalue weighted by Crippen LogP contribution is 2.23. The van der Waals surface area contributed by atoms with Gasteiger partial charge in [-0.25, -0.2) is 0 Å². The first-order valence-electron chi connectivity index (χ1n) is 7.40. The maximum absolute atomic E-state index is 11.8. The summed E-state index contributed by atoms with van der Waals surface area (Å²) in [4.78, 5) is 11.8. The van der Waals surface area contributed by atoms with E-state index < -0.39 is 0 Å². The summed E-state index contributed by atoms with van der Waals surface area (Å²) in [5, 5.41) is 3.87. The van der Waals surface area contributed by atoms with Crippen LogP contribution in [-0.4, -0.2) is 12.5 Å². The predicted octanol–water partition coefficient (Wildman–Crippen LogP) is 4.57. The minimum Gasteiger partial charge on any atom is -0.457 e. The summed E-state index contributed by atoms with van der Waals surface area (Å²) in [6, 6.07) is 17.8. The summed E-state index contributed by atoms with van der Waals surface area (Å²) in [6.07, 6.45) is 4.00. The van der Waals surface area contributed by atoms with Crippen LogP contribution in [0.15, 0.2) is 69.6 Å². The smallest absolute Gasteiger partial charge is 0.244 e. The Morgan fingerprint density at radius 3 is 2.78 bits per heavy atom. The molecule has 0 aliphatic heterocycles. The molecule has 1 heterocycles. The SMILES string of the molecule is O=C(/C=C/c1cc2cc(Br)ccc2o1)NCCc1ccccc1. The lowest BCUT2D eigenvalue weighted by Gasteiger charge is -2.02. The van der Waals surface area contributed by atoms with E-state index in [1.165, 1.54) is 11.6 Å². The molecule has 23 heavy (non-hydrogen) atoms. The van der Waals surface area contributed by atoms with Crippen molar-refractivity contribution in [1.29, 1.82) is 0 Å². The Kier molecular flexibility index (Phi) is 4.93. The van der Waals surface area contributed by atoms with Gasteiger partial charge in [0.15, 0.2) is 0 Å². The van der Waals surface area contributed by atoms with E-state index in [1.807, 2.05) is 42.5 Å². The quantitative estimate of drug-likeness (QED) is 0.669. The van der Waals surface area contributed by atoms with E-state index in [0.29, 0.717) is 12.3 Å². The third kappa shape index (κ3) is 4.33. The van der Waals surface area contributed by atoms with Crippen LogP contribution in [-0.2, 0) is 11.2 Å². The molecule has 0 saturated carbocycles. The van der Waals surface area contributed by atoms with Crippen molar-refractivity contribution >= 4 is 38.9 Å². The Labute approximate surface area is 143 Å². The number of carbonyl (C=O) groups is 1. The van der Waals surface area contributed by atoms with Crippen molar-refractivity contribution in [3.63, 3.8) is 0 Å². The summed E-state index contributed by atoms with van der Waals surface area (Å²) in [5.41, 5.74) is 2.01. The lowest BCUT2D eigenvalue weighted by atomic mass is 10.1. The molecule has 0 saturated heterocycles. The second-order valence-electron chi connectivity index (χ2n) is 5.19. The van der Waals surface area contributed by atoms with Gasteiger partial charge < -0.3 is 9.73 Å². The van der Waals surface area contributed by atoms with E-state index >= 15 is 0 Å². The lowest BCUT2D eigenvalue weighted by Crippen LogP contribution is -2.23. The summed E-state index contributed by atoms with van der Waals surface area (Å²) >= 11 is 3.43. The third-order valence-electron chi connectivity index (χ3n) is 3.45. The molecule has 0 bridgehead atoms. The molecule has 3 aromatic rings. The van der Waals surface area contributed by atoms with Gasteiger partial charge >= 0.3 is 0 Å². The normalized spacial score (nSPS) is 11.2. The Morgan fingerprint density at radius 2 is 1.96 bits per heavy atom. The van der Waals surface area contributed by atoms with Gasteiger partial charge in [0, 0.05) is 22.5 Å². The summed E-state index contributed by atoms with van der Waals surface area (Å²) in [7, 11) is 0. The fourth-order valence-corrected chi connectivity index (χ4v) is 2.69. The Balaban J connectivity index is 1.55. The van der Waals surface area contributed by atoms with Crippen molar-refractivity contribution in [2.45, 2.75) is 6.42 Å². The Bertz CT molecular complexity index is 837. The maximum Gasteiger partial charge on any atom is 0.244 e. The zero-order chi connectivity index (χ0) is 16.1. The molecule has 1 aromatic heterocycles. The van der Waals surface area contributed by atoms with Gasteiger partial charge in [0.1, 0.15) is 11.3 Å². The monoisotopic (exact) mass is 369 g/mol. The molecule has 1 amide bonds. The summed E-state index contributed by atoms with van der Waals surface area (Å²) < 4.78 is 6.66. The number of carbonyl (C=O) groups excluding carboxylic acids is 1. The first-order valence-corrected chi connectivity index (χ1v) is 8.19. The van der Waals surface area contributed by atoms with Gasteiger partial charge in [-0.05, 0) is 42.3 Å². The van der Waals surface area contributed by atoms with Gasteiger partial charge in [-0.3, -0.25) is 4.79 Å². The molecule has 3 nitrogen and oxygen atoms in total. The predicted molar refractivity (Wildman–Crippen MR) is 96.1 cm³/mol. The molecule has 116 valence electrons. The number of hydrogen-bond donors (Lipinski definition) is 1. The van der Waals surface area contributed by atoms with Crippen LogP contribution < -0.4 is 5.32 Å². The number of benzene rings is 2. The fourth-order valence-electron chi connectivity index (χ4n) is 2.31. The minimum atomic E-state index is -0.123. The van der Waals surface area contributed by atoms with E-state index in [9.17, 15) is 4.79 Å². The number of amides is 1. The molecule has 0 aliphatic rings.